The van der Waals surface area contributed by atoms with Crippen LogP contribution >= 0.6 is 24.0 Å². The standard InChI is InChI=1S/C14H24N6O2.HI/c1-3-22-14(21)19-11-9-18(10-12-19)13(15-2)16-6-8-20-7-4-5-17-20;/h4-5,7H,3,6,8-12H2,1-2H3,(H,15,16);1H. The molecule has 130 valence electrons. The van der Waals surface area contributed by atoms with E-state index in [2.05, 4.69) is 20.3 Å². The molecule has 0 saturated carbocycles. The Balaban J connectivity index is 0.00000264. The number of aromatic nitrogens is 2. The molecule has 8 nitrogen and oxygen atoms in total. The van der Waals surface area contributed by atoms with Crippen molar-refractivity contribution in [2.45, 2.75) is 13.5 Å². The Hall–Kier alpha value is -1.52. The van der Waals surface area contributed by atoms with Crippen molar-refractivity contribution < 1.29 is 9.53 Å². The summed E-state index contributed by atoms with van der Waals surface area (Å²) in [6.07, 6.45) is 3.47. The van der Waals surface area contributed by atoms with Crippen molar-refractivity contribution in [1.82, 2.24) is 24.9 Å². The molecule has 2 rings (SSSR count). The topological polar surface area (TPSA) is 75.0 Å². The van der Waals surface area contributed by atoms with Gasteiger partial charge >= 0.3 is 6.09 Å². The molecule has 1 amide bonds. The van der Waals surface area contributed by atoms with Gasteiger partial charge in [0.1, 0.15) is 0 Å². The summed E-state index contributed by atoms with van der Waals surface area (Å²) in [7, 11) is 1.77. The molecular weight excluding hydrogens is 411 g/mol. The molecule has 2 heterocycles. The molecule has 23 heavy (non-hydrogen) atoms. The SMILES string of the molecule is CCOC(=O)N1CCN(C(=NC)NCCn2cccn2)CC1.I. The fourth-order valence-corrected chi connectivity index (χ4v) is 2.36. The van der Waals surface area contributed by atoms with E-state index in [1.165, 1.54) is 0 Å². The second kappa shape index (κ2) is 10.3. The number of rotatable bonds is 4. The van der Waals surface area contributed by atoms with Crippen LogP contribution in [-0.2, 0) is 11.3 Å². The molecule has 0 radical (unpaired) electrons. The molecule has 1 aliphatic heterocycles. The largest absolute Gasteiger partial charge is 0.450 e. The highest BCUT2D eigenvalue weighted by atomic mass is 127. The van der Waals surface area contributed by atoms with Crippen LogP contribution in [0.2, 0.25) is 0 Å². The molecule has 9 heteroatoms. The van der Waals surface area contributed by atoms with Crippen molar-refractivity contribution in [2.75, 3.05) is 46.4 Å². The van der Waals surface area contributed by atoms with E-state index >= 15 is 0 Å². The number of nitrogens with one attached hydrogen (secondary N) is 1. The molecule has 1 aliphatic rings. The Morgan fingerprint density at radius 2 is 2.00 bits per heavy atom. The van der Waals surface area contributed by atoms with Gasteiger partial charge in [-0.3, -0.25) is 9.67 Å². The van der Waals surface area contributed by atoms with E-state index in [0.717, 1.165) is 32.1 Å². The van der Waals surface area contributed by atoms with Crippen LogP contribution in [0.4, 0.5) is 4.79 Å². The Kier molecular flexibility index (Phi) is 8.74. The van der Waals surface area contributed by atoms with Crippen LogP contribution in [0.15, 0.2) is 23.5 Å². The van der Waals surface area contributed by atoms with E-state index in [1.807, 2.05) is 23.9 Å². The van der Waals surface area contributed by atoms with Crippen molar-refractivity contribution in [2.24, 2.45) is 4.99 Å². The average molecular weight is 436 g/mol. The van der Waals surface area contributed by atoms with Crippen LogP contribution in [-0.4, -0.2) is 78.0 Å². The highest BCUT2D eigenvalue weighted by molar-refractivity contribution is 14.0. The second-order valence-corrected chi connectivity index (χ2v) is 4.92. The maximum atomic E-state index is 11.7. The number of hydrogen-bond acceptors (Lipinski definition) is 4. The summed E-state index contributed by atoms with van der Waals surface area (Å²) in [6.45, 7) is 6.58. The average Bonchev–Trinajstić information content (AvgIpc) is 3.05. The van der Waals surface area contributed by atoms with Crippen LogP contribution in [0.3, 0.4) is 0 Å². The first-order valence-corrected chi connectivity index (χ1v) is 7.59. The minimum absolute atomic E-state index is 0. The van der Waals surface area contributed by atoms with Gasteiger partial charge in [0.25, 0.3) is 0 Å². The summed E-state index contributed by atoms with van der Waals surface area (Å²) in [5, 5.41) is 7.49. The predicted molar refractivity (Wildman–Crippen MR) is 99.2 cm³/mol. The lowest BCUT2D eigenvalue weighted by Gasteiger charge is -2.35. The lowest BCUT2D eigenvalue weighted by Crippen LogP contribution is -2.54. The number of ether oxygens (including phenoxy) is 1. The quantitative estimate of drug-likeness (QED) is 0.431. The Morgan fingerprint density at radius 1 is 1.30 bits per heavy atom. The molecule has 0 bridgehead atoms. The van der Waals surface area contributed by atoms with Crippen LogP contribution in [0.25, 0.3) is 0 Å². The number of carbonyl (C=O) groups is 1. The molecule has 1 aromatic heterocycles. The molecule has 0 aliphatic carbocycles. The molecular formula is C14H25IN6O2. The van der Waals surface area contributed by atoms with Crippen LogP contribution in [0.1, 0.15) is 6.92 Å². The minimum atomic E-state index is -0.233. The van der Waals surface area contributed by atoms with Gasteiger partial charge in [0.2, 0.25) is 0 Å². The normalized spacial score (nSPS) is 15.1. The summed E-state index contributed by atoms with van der Waals surface area (Å²) in [5.74, 6) is 0.857. The first kappa shape index (κ1) is 19.5. The van der Waals surface area contributed by atoms with Gasteiger partial charge in [-0.1, -0.05) is 0 Å². The van der Waals surface area contributed by atoms with E-state index in [9.17, 15) is 4.79 Å². The fourth-order valence-electron chi connectivity index (χ4n) is 2.36. The highest BCUT2D eigenvalue weighted by Crippen LogP contribution is 2.04. The maximum absolute atomic E-state index is 11.7. The second-order valence-electron chi connectivity index (χ2n) is 4.92. The number of aliphatic imine (C=N–C) groups is 1. The highest BCUT2D eigenvalue weighted by Gasteiger charge is 2.23. The van der Waals surface area contributed by atoms with E-state index in [0.29, 0.717) is 19.7 Å². The van der Waals surface area contributed by atoms with Crippen LogP contribution < -0.4 is 5.32 Å². The van der Waals surface area contributed by atoms with E-state index < -0.39 is 0 Å². The summed E-state index contributed by atoms with van der Waals surface area (Å²) in [6, 6.07) is 1.91. The summed E-state index contributed by atoms with van der Waals surface area (Å²) < 4.78 is 6.90. The molecule has 0 aromatic carbocycles. The predicted octanol–water partition coefficient (Wildman–Crippen LogP) is 0.851. The number of nitrogens with zero attached hydrogens (tertiary/aromatic N) is 5. The molecule has 0 unspecified atom stereocenters. The zero-order valence-corrected chi connectivity index (χ0v) is 16.0. The number of amides is 1. The molecule has 1 N–H and O–H groups in total. The zero-order valence-electron chi connectivity index (χ0n) is 13.6. The van der Waals surface area contributed by atoms with E-state index in [1.54, 1.807) is 18.1 Å². The summed E-state index contributed by atoms with van der Waals surface area (Å²) >= 11 is 0. The maximum Gasteiger partial charge on any atom is 0.409 e. The zero-order chi connectivity index (χ0) is 15.8. The number of guanidine groups is 1. The van der Waals surface area contributed by atoms with Crippen molar-refractivity contribution in [1.29, 1.82) is 0 Å². The minimum Gasteiger partial charge on any atom is -0.450 e. The smallest absolute Gasteiger partial charge is 0.409 e. The summed E-state index contributed by atoms with van der Waals surface area (Å²) in [5.41, 5.74) is 0. The van der Waals surface area contributed by atoms with Crippen LogP contribution in [0, 0.1) is 0 Å². The third-order valence-corrected chi connectivity index (χ3v) is 3.50. The number of halogens is 1. The van der Waals surface area contributed by atoms with Gasteiger partial charge in [-0.15, -0.1) is 24.0 Å². The lowest BCUT2D eigenvalue weighted by atomic mass is 10.3. The van der Waals surface area contributed by atoms with Crippen molar-refractivity contribution in [3.05, 3.63) is 18.5 Å². The van der Waals surface area contributed by atoms with Gasteiger partial charge in [-0.2, -0.15) is 5.10 Å². The molecule has 1 fully saturated rings. The van der Waals surface area contributed by atoms with Crippen LogP contribution in [0.5, 0.6) is 0 Å². The molecule has 0 spiro atoms. The number of hydrogen-bond donors (Lipinski definition) is 1. The van der Waals surface area contributed by atoms with Crippen molar-refractivity contribution in [3.8, 4) is 0 Å². The molecule has 0 atom stereocenters. The molecule has 1 saturated heterocycles. The first-order chi connectivity index (χ1) is 10.7. The Morgan fingerprint density at radius 3 is 2.57 bits per heavy atom. The van der Waals surface area contributed by atoms with Gasteiger partial charge in [0, 0.05) is 52.2 Å². The van der Waals surface area contributed by atoms with Gasteiger partial charge in [0.05, 0.1) is 13.2 Å². The number of piperazine rings is 1. The van der Waals surface area contributed by atoms with Gasteiger partial charge in [-0.05, 0) is 13.0 Å². The van der Waals surface area contributed by atoms with Crippen molar-refractivity contribution in [3.63, 3.8) is 0 Å². The summed E-state index contributed by atoms with van der Waals surface area (Å²) in [4.78, 5) is 19.9. The van der Waals surface area contributed by atoms with E-state index in [-0.39, 0.29) is 30.1 Å². The van der Waals surface area contributed by atoms with Crippen molar-refractivity contribution >= 4 is 36.0 Å². The van der Waals surface area contributed by atoms with Gasteiger partial charge < -0.3 is 19.9 Å². The fraction of sp³-hybridized carbons (Fsp3) is 0.643. The molecule has 1 aromatic rings. The van der Waals surface area contributed by atoms with Gasteiger partial charge in [0.15, 0.2) is 5.96 Å². The lowest BCUT2D eigenvalue weighted by molar-refractivity contribution is 0.0914. The first-order valence-electron chi connectivity index (χ1n) is 7.59. The third-order valence-electron chi connectivity index (χ3n) is 3.50. The Bertz CT molecular complexity index is 485. The third kappa shape index (κ3) is 5.88. The Labute approximate surface area is 153 Å². The van der Waals surface area contributed by atoms with E-state index in [4.69, 9.17) is 4.74 Å². The van der Waals surface area contributed by atoms with Gasteiger partial charge in [-0.25, -0.2) is 4.79 Å². The monoisotopic (exact) mass is 436 g/mol. The number of carbonyl (C=O) groups excluding carboxylic acids is 1.